The van der Waals surface area contributed by atoms with Gasteiger partial charge in [-0.3, -0.25) is 0 Å². The second-order valence-electron chi connectivity index (χ2n) is 5.84. The minimum atomic E-state index is -0.127. The van der Waals surface area contributed by atoms with Crippen molar-refractivity contribution in [2.75, 3.05) is 0 Å². The molecule has 0 aliphatic heterocycles. The van der Waals surface area contributed by atoms with Crippen LogP contribution in [-0.2, 0) is 0 Å². The summed E-state index contributed by atoms with van der Waals surface area (Å²) in [6, 6.07) is 12.3. The molecular formula is C18H20BrNO. The van der Waals surface area contributed by atoms with Crippen LogP contribution in [0.2, 0.25) is 0 Å². The van der Waals surface area contributed by atoms with Crippen molar-refractivity contribution in [1.29, 1.82) is 0 Å². The van der Waals surface area contributed by atoms with Gasteiger partial charge in [0.25, 0.3) is 0 Å². The van der Waals surface area contributed by atoms with Gasteiger partial charge in [0.15, 0.2) is 0 Å². The minimum Gasteiger partial charge on any atom is -0.490 e. The third kappa shape index (κ3) is 3.30. The van der Waals surface area contributed by atoms with Crippen molar-refractivity contribution < 1.29 is 4.74 Å². The summed E-state index contributed by atoms with van der Waals surface area (Å²) in [7, 11) is 0. The van der Waals surface area contributed by atoms with Gasteiger partial charge in [0.05, 0.1) is 12.1 Å². The summed E-state index contributed by atoms with van der Waals surface area (Å²) in [5.74, 6) is 0.927. The highest BCUT2D eigenvalue weighted by Gasteiger charge is 2.23. The molecule has 3 heteroatoms. The molecule has 2 N–H and O–H groups in total. The van der Waals surface area contributed by atoms with Gasteiger partial charge in [0.2, 0.25) is 0 Å². The van der Waals surface area contributed by atoms with Gasteiger partial charge in [-0.15, -0.1) is 0 Å². The molecule has 1 unspecified atom stereocenters. The van der Waals surface area contributed by atoms with Crippen LogP contribution >= 0.6 is 15.9 Å². The number of benzene rings is 2. The normalized spacial score (nSPS) is 15.8. The highest BCUT2D eigenvalue weighted by molar-refractivity contribution is 9.10. The van der Waals surface area contributed by atoms with E-state index in [1.54, 1.807) is 0 Å². The first-order valence-corrected chi connectivity index (χ1v) is 8.13. The third-order valence-electron chi connectivity index (χ3n) is 3.86. The van der Waals surface area contributed by atoms with E-state index in [1.165, 1.54) is 24.0 Å². The zero-order chi connectivity index (χ0) is 15.0. The van der Waals surface area contributed by atoms with Gasteiger partial charge < -0.3 is 10.5 Å². The summed E-state index contributed by atoms with van der Waals surface area (Å²) in [6.07, 6.45) is 2.75. The predicted octanol–water partition coefficient (Wildman–Crippen LogP) is 4.66. The van der Waals surface area contributed by atoms with Crippen LogP contribution in [-0.4, -0.2) is 6.10 Å². The number of nitrogens with two attached hydrogens (primary N) is 1. The van der Waals surface area contributed by atoms with Gasteiger partial charge in [-0.1, -0.05) is 40.2 Å². The van der Waals surface area contributed by atoms with E-state index in [9.17, 15) is 0 Å². The Bertz CT molecular complexity index is 641. The number of rotatable bonds is 4. The van der Waals surface area contributed by atoms with Crippen LogP contribution in [0.15, 0.2) is 40.9 Å². The number of ether oxygens (including phenoxy) is 1. The molecule has 2 aromatic carbocycles. The first-order chi connectivity index (χ1) is 10.0. The highest BCUT2D eigenvalue weighted by atomic mass is 79.9. The van der Waals surface area contributed by atoms with Crippen LogP contribution in [0.4, 0.5) is 0 Å². The molecule has 0 heterocycles. The quantitative estimate of drug-likeness (QED) is 0.874. The molecule has 0 bridgehead atoms. The van der Waals surface area contributed by atoms with E-state index >= 15 is 0 Å². The molecule has 0 radical (unpaired) electrons. The smallest absolute Gasteiger partial charge is 0.120 e. The van der Waals surface area contributed by atoms with E-state index in [-0.39, 0.29) is 6.04 Å². The largest absolute Gasteiger partial charge is 0.490 e. The van der Waals surface area contributed by atoms with Gasteiger partial charge in [0, 0.05) is 4.47 Å². The summed E-state index contributed by atoms with van der Waals surface area (Å²) >= 11 is 3.60. The molecule has 0 amide bonds. The molecule has 1 saturated carbocycles. The average Bonchev–Trinajstić information content (AvgIpc) is 3.27. The lowest BCUT2D eigenvalue weighted by Gasteiger charge is -2.16. The van der Waals surface area contributed by atoms with Crippen molar-refractivity contribution in [3.63, 3.8) is 0 Å². The first-order valence-electron chi connectivity index (χ1n) is 7.33. The van der Waals surface area contributed by atoms with E-state index in [4.69, 9.17) is 10.5 Å². The first kappa shape index (κ1) is 14.6. The standard InChI is InChI=1S/C18H20BrNO/c1-11-8-14(9-12(2)17(11)19)18(20)13-4-3-5-16(10-13)21-15-6-7-15/h3-5,8-10,15,18H,6-7,20H2,1-2H3. The third-order valence-corrected chi connectivity index (χ3v) is 5.11. The van der Waals surface area contributed by atoms with Gasteiger partial charge in [0.1, 0.15) is 5.75 Å². The van der Waals surface area contributed by atoms with Gasteiger partial charge >= 0.3 is 0 Å². The van der Waals surface area contributed by atoms with Crippen molar-refractivity contribution in [2.45, 2.75) is 38.8 Å². The van der Waals surface area contributed by atoms with Crippen LogP contribution in [0.5, 0.6) is 5.75 Å². The van der Waals surface area contributed by atoms with E-state index < -0.39 is 0 Å². The van der Waals surface area contributed by atoms with Crippen LogP contribution in [0.1, 0.15) is 41.1 Å². The van der Waals surface area contributed by atoms with E-state index in [1.807, 2.05) is 12.1 Å². The maximum atomic E-state index is 6.45. The lowest BCUT2D eigenvalue weighted by molar-refractivity contribution is 0.303. The molecule has 1 fully saturated rings. The molecule has 0 spiro atoms. The summed E-state index contributed by atoms with van der Waals surface area (Å²) < 4.78 is 7.01. The molecule has 2 nitrogen and oxygen atoms in total. The van der Waals surface area contributed by atoms with Gasteiger partial charge in [-0.25, -0.2) is 0 Å². The molecular weight excluding hydrogens is 326 g/mol. The Hall–Kier alpha value is -1.32. The lowest BCUT2D eigenvalue weighted by atomic mass is 9.96. The maximum Gasteiger partial charge on any atom is 0.120 e. The number of halogens is 1. The van der Waals surface area contributed by atoms with Crippen LogP contribution in [0.3, 0.4) is 0 Å². The highest BCUT2D eigenvalue weighted by Crippen LogP contribution is 2.31. The zero-order valence-corrected chi connectivity index (χ0v) is 14.0. The second-order valence-corrected chi connectivity index (χ2v) is 6.63. The zero-order valence-electron chi connectivity index (χ0n) is 12.4. The predicted molar refractivity (Wildman–Crippen MR) is 89.7 cm³/mol. The summed E-state index contributed by atoms with van der Waals surface area (Å²) in [5.41, 5.74) is 11.1. The number of hydrogen-bond acceptors (Lipinski definition) is 2. The monoisotopic (exact) mass is 345 g/mol. The summed E-state index contributed by atoms with van der Waals surface area (Å²) in [4.78, 5) is 0. The van der Waals surface area contributed by atoms with Crippen molar-refractivity contribution >= 4 is 15.9 Å². The Balaban J connectivity index is 1.88. The van der Waals surface area contributed by atoms with Crippen LogP contribution in [0.25, 0.3) is 0 Å². The molecule has 21 heavy (non-hydrogen) atoms. The molecule has 3 rings (SSSR count). The molecule has 2 aromatic rings. The summed E-state index contributed by atoms with van der Waals surface area (Å²) in [5, 5.41) is 0. The van der Waals surface area contributed by atoms with Crippen LogP contribution in [0, 0.1) is 13.8 Å². The van der Waals surface area contributed by atoms with Crippen molar-refractivity contribution in [3.05, 3.63) is 63.1 Å². The SMILES string of the molecule is Cc1cc(C(N)c2cccc(OC3CC3)c2)cc(C)c1Br. The summed E-state index contributed by atoms with van der Waals surface area (Å²) in [6.45, 7) is 4.19. The Morgan fingerprint density at radius 1 is 1.10 bits per heavy atom. The van der Waals surface area contributed by atoms with Gasteiger partial charge in [-0.05, 0) is 61.1 Å². The van der Waals surface area contributed by atoms with Gasteiger partial charge in [-0.2, -0.15) is 0 Å². The Morgan fingerprint density at radius 2 is 1.76 bits per heavy atom. The molecule has 110 valence electrons. The van der Waals surface area contributed by atoms with E-state index in [0.717, 1.165) is 21.3 Å². The molecule has 1 atom stereocenters. The maximum absolute atomic E-state index is 6.45. The Morgan fingerprint density at radius 3 is 2.38 bits per heavy atom. The van der Waals surface area contributed by atoms with Crippen molar-refractivity contribution in [2.24, 2.45) is 5.73 Å². The molecule has 1 aliphatic rings. The fourth-order valence-corrected chi connectivity index (χ4v) is 2.74. The molecule has 0 saturated heterocycles. The second kappa shape index (κ2) is 5.82. The average molecular weight is 346 g/mol. The lowest BCUT2D eigenvalue weighted by Crippen LogP contribution is -2.12. The molecule has 0 aromatic heterocycles. The van der Waals surface area contributed by atoms with Crippen molar-refractivity contribution in [3.8, 4) is 5.75 Å². The Labute approximate surface area is 134 Å². The fourth-order valence-electron chi connectivity index (χ4n) is 2.51. The topological polar surface area (TPSA) is 35.2 Å². The number of aryl methyl sites for hydroxylation is 2. The van der Waals surface area contributed by atoms with E-state index in [0.29, 0.717) is 6.10 Å². The number of hydrogen-bond donors (Lipinski definition) is 1. The fraction of sp³-hybridized carbons (Fsp3) is 0.333. The van der Waals surface area contributed by atoms with Crippen LogP contribution < -0.4 is 10.5 Å². The minimum absolute atomic E-state index is 0.127. The van der Waals surface area contributed by atoms with E-state index in [2.05, 4.69) is 54.0 Å². The van der Waals surface area contributed by atoms with Crippen molar-refractivity contribution in [1.82, 2.24) is 0 Å². The molecule has 1 aliphatic carbocycles. The Kier molecular flexibility index (Phi) is 4.05.